The molecule has 0 fully saturated rings. The SMILES string of the molecule is COC(=O)c1ccc(C(=O)Nc2ccccc2C(=O)NCC(F)(F)F)cc1. The van der Waals surface area contributed by atoms with E-state index in [1.807, 2.05) is 0 Å². The van der Waals surface area contributed by atoms with Crippen molar-refractivity contribution >= 4 is 23.5 Å². The summed E-state index contributed by atoms with van der Waals surface area (Å²) < 4.78 is 41.3. The zero-order valence-electron chi connectivity index (χ0n) is 14.1. The number of hydrogen-bond donors (Lipinski definition) is 2. The number of alkyl halides is 3. The maximum Gasteiger partial charge on any atom is 0.405 e. The second-order valence-electron chi connectivity index (χ2n) is 5.37. The molecule has 2 aromatic carbocycles. The van der Waals surface area contributed by atoms with Crippen molar-refractivity contribution in [2.45, 2.75) is 6.18 Å². The molecule has 0 radical (unpaired) electrons. The molecule has 0 saturated heterocycles. The Hall–Kier alpha value is -3.36. The van der Waals surface area contributed by atoms with Gasteiger partial charge in [-0.3, -0.25) is 9.59 Å². The number of amides is 2. The molecule has 2 amide bonds. The van der Waals surface area contributed by atoms with Gasteiger partial charge in [0.15, 0.2) is 0 Å². The van der Waals surface area contributed by atoms with Gasteiger partial charge in [-0.25, -0.2) is 4.79 Å². The average molecular weight is 380 g/mol. The first-order valence-corrected chi connectivity index (χ1v) is 7.65. The highest BCUT2D eigenvalue weighted by Gasteiger charge is 2.28. The normalized spacial score (nSPS) is 10.8. The number of halogens is 3. The lowest BCUT2D eigenvalue weighted by molar-refractivity contribution is -0.123. The van der Waals surface area contributed by atoms with Gasteiger partial charge in [-0.1, -0.05) is 12.1 Å². The van der Waals surface area contributed by atoms with Crippen LogP contribution in [0.15, 0.2) is 48.5 Å². The second-order valence-corrected chi connectivity index (χ2v) is 5.37. The van der Waals surface area contributed by atoms with E-state index >= 15 is 0 Å². The number of methoxy groups -OCH3 is 1. The molecule has 0 atom stereocenters. The number of carbonyl (C=O) groups excluding carboxylic acids is 3. The van der Waals surface area contributed by atoms with E-state index in [1.54, 1.807) is 5.32 Å². The lowest BCUT2D eigenvalue weighted by Crippen LogP contribution is -2.34. The molecule has 0 aromatic heterocycles. The maximum atomic E-state index is 12.3. The fourth-order valence-corrected chi connectivity index (χ4v) is 2.14. The van der Waals surface area contributed by atoms with Gasteiger partial charge in [0.05, 0.1) is 23.9 Å². The molecule has 0 spiro atoms. The van der Waals surface area contributed by atoms with Gasteiger partial charge in [0.1, 0.15) is 6.54 Å². The van der Waals surface area contributed by atoms with Crippen molar-refractivity contribution in [2.24, 2.45) is 0 Å². The molecule has 2 rings (SSSR count). The highest BCUT2D eigenvalue weighted by Crippen LogP contribution is 2.18. The number of ether oxygens (including phenoxy) is 1. The van der Waals surface area contributed by atoms with E-state index in [9.17, 15) is 27.6 Å². The Morgan fingerprint density at radius 2 is 1.52 bits per heavy atom. The predicted molar refractivity (Wildman–Crippen MR) is 90.6 cm³/mol. The first kappa shape index (κ1) is 20.0. The van der Waals surface area contributed by atoms with Gasteiger partial charge in [0.25, 0.3) is 11.8 Å². The Morgan fingerprint density at radius 3 is 2.11 bits per heavy atom. The Bertz CT molecular complexity index is 848. The first-order valence-electron chi connectivity index (χ1n) is 7.65. The highest BCUT2D eigenvalue weighted by atomic mass is 19.4. The number of rotatable bonds is 5. The fourth-order valence-electron chi connectivity index (χ4n) is 2.14. The van der Waals surface area contributed by atoms with Crippen molar-refractivity contribution in [3.63, 3.8) is 0 Å². The van der Waals surface area contributed by atoms with Crippen molar-refractivity contribution in [3.05, 3.63) is 65.2 Å². The van der Waals surface area contributed by atoms with Crippen LogP contribution in [-0.2, 0) is 4.74 Å². The third-order valence-corrected chi connectivity index (χ3v) is 3.44. The molecule has 0 aliphatic carbocycles. The lowest BCUT2D eigenvalue weighted by atomic mass is 10.1. The minimum atomic E-state index is -4.55. The van der Waals surface area contributed by atoms with Gasteiger partial charge in [0.2, 0.25) is 0 Å². The third-order valence-electron chi connectivity index (χ3n) is 3.44. The number of nitrogens with one attached hydrogen (secondary N) is 2. The summed E-state index contributed by atoms with van der Waals surface area (Å²) in [5.41, 5.74) is 0.384. The molecule has 9 heteroatoms. The summed E-state index contributed by atoms with van der Waals surface area (Å²) in [5.74, 6) is -2.12. The standard InChI is InChI=1S/C18H15F3N2O4/c1-27-17(26)12-8-6-11(7-9-12)15(24)23-14-5-3-2-4-13(14)16(25)22-10-18(19,20)21/h2-9H,10H2,1H3,(H,22,25)(H,23,24). The van der Waals surface area contributed by atoms with E-state index < -0.39 is 30.5 Å². The van der Waals surface area contributed by atoms with Crippen molar-refractivity contribution in [1.82, 2.24) is 5.32 Å². The quantitative estimate of drug-likeness (QED) is 0.781. The molecule has 0 aliphatic heterocycles. The van der Waals surface area contributed by atoms with Crippen LogP contribution in [0.25, 0.3) is 0 Å². The number of esters is 1. The topological polar surface area (TPSA) is 84.5 Å². The van der Waals surface area contributed by atoms with Crippen LogP contribution in [-0.4, -0.2) is 37.6 Å². The molecule has 142 valence electrons. The van der Waals surface area contributed by atoms with Crippen LogP contribution in [0.5, 0.6) is 0 Å². The lowest BCUT2D eigenvalue weighted by Gasteiger charge is -2.12. The third kappa shape index (κ3) is 5.56. The van der Waals surface area contributed by atoms with Gasteiger partial charge in [0, 0.05) is 5.56 Å². The second kappa shape index (κ2) is 8.35. The molecule has 0 heterocycles. The molecule has 0 saturated carbocycles. The zero-order chi connectivity index (χ0) is 20.0. The summed E-state index contributed by atoms with van der Waals surface area (Å²) in [6, 6.07) is 11.2. The molecule has 0 unspecified atom stereocenters. The fraction of sp³-hybridized carbons (Fsp3) is 0.167. The number of benzene rings is 2. The van der Waals surface area contributed by atoms with Crippen molar-refractivity contribution < 1.29 is 32.3 Å². The van der Waals surface area contributed by atoms with E-state index in [4.69, 9.17) is 0 Å². The van der Waals surface area contributed by atoms with Gasteiger partial charge >= 0.3 is 12.1 Å². The smallest absolute Gasteiger partial charge is 0.405 e. The Morgan fingerprint density at radius 1 is 0.926 bits per heavy atom. The van der Waals surface area contributed by atoms with E-state index in [1.165, 1.54) is 55.6 Å². The van der Waals surface area contributed by atoms with Crippen LogP contribution in [0.3, 0.4) is 0 Å². The van der Waals surface area contributed by atoms with Crippen LogP contribution in [0, 0.1) is 0 Å². The summed E-state index contributed by atoms with van der Waals surface area (Å²) in [4.78, 5) is 35.7. The summed E-state index contributed by atoms with van der Waals surface area (Å²) >= 11 is 0. The molecule has 0 bridgehead atoms. The summed E-state index contributed by atoms with van der Waals surface area (Å²) in [6.07, 6.45) is -4.55. The van der Waals surface area contributed by atoms with Crippen LogP contribution < -0.4 is 10.6 Å². The number of hydrogen-bond acceptors (Lipinski definition) is 4. The predicted octanol–water partition coefficient (Wildman–Crippen LogP) is 3.02. The van der Waals surface area contributed by atoms with E-state index in [2.05, 4.69) is 10.1 Å². The van der Waals surface area contributed by atoms with Gasteiger partial charge in [-0.2, -0.15) is 13.2 Å². The molecule has 27 heavy (non-hydrogen) atoms. The number of carbonyl (C=O) groups is 3. The van der Waals surface area contributed by atoms with E-state index in [0.717, 1.165) is 0 Å². The van der Waals surface area contributed by atoms with E-state index in [0.29, 0.717) is 0 Å². The van der Waals surface area contributed by atoms with E-state index in [-0.39, 0.29) is 22.4 Å². The number of para-hydroxylation sites is 1. The Kier molecular flexibility index (Phi) is 6.17. The minimum Gasteiger partial charge on any atom is -0.465 e. The van der Waals surface area contributed by atoms with Crippen molar-refractivity contribution in [1.29, 1.82) is 0 Å². The molecular formula is C18H15F3N2O4. The van der Waals surface area contributed by atoms with Crippen LogP contribution >= 0.6 is 0 Å². The number of anilines is 1. The molecule has 6 nitrogen and oxygen atoms in total. The molecular weight excluding hydrogens is 365 g/mol. The van der Waals surface area contributed by atoms with Crippen molar-refractivity contribution in [3.8, 4) is 0 Å². The van der Waals surface area contributed by atoms with Crippen LogP contribution in [0.4, 0.5) is 18.9 Å². The monoisotopic (exact) mass is 380 g/mol. The largest absolute Gasteiger partial charge is 0.465 e. The highest BCUT2D eigenvalue weighted by molar-refractivity contribution is 6.09. The molecule has 2 aromatic rings. The Balaban J connectivity index is 2.14. The summed E-state index contributed by atoms with van der Waals surface area (Å²) in [6.45, 7) is -1.48. The van der Waals surface area contributed by atoms with Gasteiger partial charge in [-0.05, 0) is 36.4 Å². The summed E-state index contributed by atoms with van der Waals surface area (Å²) in [7, 11) is 1.23. The minimum absolute atomic E-state index is 0.0548. The van der Waals surface area contributed by atoms with Crippen LogP contribution in [0.1, 0.15) is 31.1 Å². The molecule has 2 N–H and O–H groups in total. The maximum absolute atomic E-state index is 12.3. The first-order chi connectivity index (χ1) is 12.7. The zero-order valence-corrected chi connectivity index (χ0v) is 14.1. The molecule has 0 aliphatic rings. The van der Waals surface area contributed by atoms with Gasteiger partial charge in [-0.15, -0.1) is 0 Å². The average Bonchev–Trinajstić information content (AvgIpc) is 2.65. The Labute approximate surface area is 152 Å². The van der Waals surface area contributed by atoms with Crippen LogP contribution in [0.2, 0.25) is 0 Å². The van der Waals surface area contributed by atoms with Crippen molar-refractivity contribution in [2.75, 3.05) is 19.0 Å². The summed E-state index contributed by atoms with van der Waals surface area (Å²) in [5, 5.41) is 4.22. The van der Waals surface area contributed by atoms with Gasteiger partial charge < -0.3 is 15.4 Å².